The molecule has 1 saturated carbocycles. The van der Waals surface area contributed by atoms with E-state index >= 15 is 0 Å². The van der Waals surface area contributed by atoms with Crippen LogP contribution in [0.15, 0.2) is 30.6 Å². The lowest BCUT2D eigenvalue weighted by Crippen LogP contribution is -2.34. The third-order valence-corrected chi connectivity index (χ3v) is 4.19. The van der Waals surface area contributed by atoms with Gasteiger partial charge in [-0.2, -0.15) is 0 Å². The Morgan fingerprint density at radius 3 is 3.00 bits per heavy atom. The number of hydrogen-bond donors (Lipinski definition) is 2. The topological polar surface area (TPSA) is 85.8 Å². The van der Waals surface area contributed by atoms with Crippen molar-refractivity contribution in [1.29, 1.82) is 0 Å². The molecule has 2 atom stereocenters. The molecule has 2 aromatic rings. The maximum Gasteiger partial charge on any atom is 0.227 e. The first-order chi connectivity index (χ1) is 10.6. The summed E-state index contributed by atoms with van der Waals surface area (Å²) in [5.74, 6) is 0.850. The molecule has 0 saturated heterocycles. The van der Waals surface area contributed by atoms with Crippen molar-refractivity contribution in [3.63, 3.8) is 0 Å². The fourth-order valence-electron chi connectivity index (χ4n) is 2.99. The molecule has 6 heteroatoms. The van der Waals surface area contributed by atoms with Gasteiger partial charge in [0.25, 0.3) is 0 Å². The molecule has 1 aliphatic carbocycles. The van der Waals surface area contributed by atoms with Crippen molar-refractivity contribution in [2.24, 2.45) is 18.7 Å². The van der Waals surface area contributed by atoms with Crippen molar-refractivity contribution < 1.29 is 4.79 Å². The van der Waals surface area contributed by atoms with Crippen LogP contribution in [0.5, 0.6) is 0 Å². The first-order valence-corrected chi connectivity index (χ1v) is 7.64. The molecular weight excluding hydrogens is 278 g/mol. The van der Waals surface area contributed by atoms with Crippen molar-refractivity contribution in [1.82, 2.24) is 14.8 Å². The molecule has 1 aromatic heterocycles. The summed E-state index contributed by atoms with van der Waals surface area (Å²) in [5, 5.41) is 11.0. The molecule has 0 aliphatic heterocycles. The van der Waals surface area contributed by atoms with E-state index in [1.165, 1.54) is 0 Å². The van der Waals surface area contributed by atoms with E-state index in [4.69, 9.17) is 5.73 Å². The van der Waals surface area contributed by atoms with E-state index < -0.39 is 0 Å². The zero-order chi connectivity index (χ0) is 15.5. The first kappa shape index (κ1) is 14.7. The number of nitrogens with zero attached hydrogens (tertiary/aromatic N) is 3. The van der Waals surface area contributed by atoms with E-state index in [1.54, 1.807) is 6.33 Å². The summed E-state index contributed by atoms with van der Waals surface area (Å²) in [6.07, 6.45) is 5.39. The number of amides is 1. The van der Waals surface area contributed by atoms with E-state index in [2.05, 4.69) is 15.5 Å². The number of nitrogens with one attached hydrogen (secondary N) is 1. The number of anilines is 1. The summed E-state index contributed by atoms with van der Waals surface area (Å²) >= 11 is 0. The number of benzene rings is 1. The van der Waals surface area contributed by atoms with Crippen LogP contribution >= 0.6 is 0 Å². The molecule has 0 spiro atoms. The Morgan fingerprint density at radius 2 is 2.27 bits per heavy atom. The van der Waals surface area contributed by atoms with Gasteiger partial charge in [0, 0.05) is 30.3 Å². The smallest absolute Gasteiger partial charge is 0.227 e. The number of aryl methyl sites for hydroxylation is 1. The highest BCUT2D eigenvalue weighted by atomic mass is 16.1. The SMILES string of the molecule is Cn1cnnc1-c1cccc(NC(=O)C2CCCC(N)C2)c1. The van der Waals surface area contributed by atoms with Crippen molar-refractivity contribution >= 4 is 11.6 Å². The zero-order valence-corrected chi connectivity index (χ0v) is 12.7. The Morgan fingerprint density at radius 1 is 1.41 bits per heavy atom. The van der Waals surface area contributed by atoms with Gasteiger partial charge in [-0.1, -0.05) is 18.6 Å². The second-order valence-corrected chi connectivity index (χ2v) is 5.96. The summed E-state index contributed by atoms with van der Waals surface area (Å²) in [4.78, 5) is 12.4. The van der Waals surface area contributed by atoms with Crippen LogP contribution in [0, 0.1) is 5.92 Å². The minimum atomic E-state index is 0.0160. The molecule has 3 rings (SSSR count). The second-order valence-electron chi connectivity index (χ2n) is 5.96. The number of nitrogens with two attached hydrogens (primary N) is 1. The molecule has 1 amide bonds. The van der Waals surface area contributed by atoms with E-state index in [-0.39, 0.29) is 17.9 Å². The third-order valence-electron chi connectivity index (χ3n) is 4.19. The summed E-state index contributed by atoms with van der Waals surface area (Å²) < 4.78 is 1.85. The lowest BCUT2D eigenvalue weighted by atomic mass is 9.85. The number of carbonyl (C=O) groups is 1. The molecule has 2 unspecified atom stereocenters. The Kier molecular flexibility index (Phi) is 4.20. The average Bonchev–Trinajstić information content (AvgIpc) is 2.94. The van der Waals surface area contributed by atoms with Crippen LogP contribution < -0.4 is 11.1 Å². The van der Waals surface area contributed by atoms with Crippen LogP contribution in [0.1, 0.15) is 25.7 Å². The van der Waals surface area contributed by atoms with Gasteiger partial charge in [0.15, 0.2) is 5.82 Å². The average molecular weight is 299 g/mol. The minimum Gasteiger partial charge on any atom is -0.328 e. The highest BCUT2D eigenvalue weighted by Crippen LogP contribution is 2.25. The van der Waals surface area contributed by atoms with Crippen LogP contribution in [-0.2, 0) is 11.8 Å². The fourth-order valence-corrected chi connectivity index (χ4v) is 2.99. The lowest BCUT2D eigenvalue weighted by molar-refractivity contribution is -0.120. The van der Waals surface area contributed by atoms with Crippen LogP contribution in [-0.4, -0.2) is 26.7 Å². The fraction of sp³-hybridized carbons (Fsp3) is 0.438. The molecule has 6 nitrogen and oxygen atoms in total. The molecule has 0 radical (unpaired) electrons. The first-order valence-electron chi connectivity index (χ1n) is 7.64. The monoisotopic (exact) mass is 299 g/mol. The van der Waals surface area contributed by atoms with Crippen molar-refractivity contribution in [2.45, 2.75) is 31.7 Å². The Labute approximate surface area is 129 Å². The summed E-state index contributed by atoms with van der Waals surface area (Å²) in [6, 6.07) is 7.82. The maximum absolute atomic E-state index is 12.4. The van der Waals surface area contributed by atoms with Gasteiger partial charge in [-0.05, 0) is 31.4 Å². The Bertz CT molecular complexity index is 666. The number of hydrogen-bond acceptors (Lipinski definition) is 4. The number of carbonyl (C=O) groups excluding carboxylic acids is 1. The molecule has 0 bridgehead atoms. The molecule has 22 heavy (non-hydrogen) atoms. The zero-order valence-electron chi connectivity index (χ0n) is 12.7. The molecule has 1 aliphatic rings. The van der Waals surface area contributed by atoms with Gasteiger partial charge in [-0.3, -0.25) is 4.79 Å². The van der Waals surface area contributed by atoms with Crippen LogP contribution in [0.4, 0.5) is 5.69 Å². The molecular formula is C16H21N5O. The third kappa shape index (κ3) is 3.17. The van der Waals surface area contributed by atoms with Gasteiger partial charge in [-0.25, -0.2) is 0 Å². The Balaban J connectivity index is 1.73. The largest absolute Gasteiger partial charge is 0.328 e. The molecule has 3 N–H and O–H groups in total. The van der Waals surface area contributed by atoms with Crippen LogP contribution in [0.3, 0.4) is 0 Å². The van der Waals surface area contributed by atoms with E-state index in [0.29, 0.717) is 0 Å². The predicted octanol–water partition coefficient (Wildman–Crippen LogP) is 1.94. The molecule has 1 fully saturated rings. The normalized spacial score (nSPS) is 21.5. The summed E-state index contributed by atoms with van der Waals surface area (Å²) in [5.41, 5.74) is 7.67. The van der Waals surface area contributed by atoms with E-state index in [9.17, 15) is 4.79 Å². The molecule has 116 valence electrons. The number of aromatic nitrogens is 3. The highest BCUT2D eigenvalue weighted by Gasteiger charge is 2.25. The van der Waals surface area contributed by atoms with Gasteiger partial charge >= 0.3 is 0 Å². The van der Waals surface area contributed by atoms with Crippen molar-refractivity contribution in [3.8, 4) is 11.4 Å². The summed E-state index contributed by atoms with van der Waals surface area (Å²) in [6.45, 7) is 0. The van der Waals surface area contributed by atoms with Crippen molar-refractivity contribution in [2.75, 3.05) is 5.32 Å². The highest BCUT2D eigenvalue weighted by molar-refractivity contribution is 5.93. The van der Waals surface area contributed by atoms with Gasteiger partial charge < -0.3 is 15.6 Å². The standard InChI is InChI=1S/C16H21N5O/c1-21-10-18-20-15(21)11-4-3-7-14(9-11)19-16(22)12-5-2-6-13(17)8-12/h3-4,7,9-10,12-13H,2,5-6,8,17H2,1H3,(H,19,22). The van der Waals surface area contributed by atoms with E-state index in [1.807, 2.05) is 35.9 Å². The quantitative estimate of drug-likeness (QED) is 0.907. The Hall–Kier alpha value is -2.21. The maximum atomic E-state index is 12.4. The van der Waals surface area contributed by atoms with Crippen LogP contribution in [0.2, 0.25) is 0 Å². The lowest BCUT2D eigenvalue weighted by Gasteiger charge is -2.25. The van der Waals surface area contributed by atoms with Gasteiger partial charge in [0.05, 0.1) is 0 Å². The van der Waals surface area contributed by atoms with Gasteiger partial charge in [-0.15, -0.1) is 10.2 Å². The predicted molar refractivity (Wildman–Crippen MR) is 85.0 cm³/mol. The van der Waals surface area contributed by atoms with Crippen molar-refractivity contribution in [3.05, 3.63) is 30.6 Å². The minimum absolute atomic E-state index is 0.0160. The summed E-state index contributed by atoms with van der Waals surface area (Å²) in [7, 11) is 1.89. The van der Waals surface area contributed by atoms with Crippen LogP contribution in [0.25, 0.3) is 11.4 Å². The van der Waals surface area contributed by atoms with Gasteiger partial charge in [0.1, 0.15) is 6.33 Å². The molecule has 1 heterocycles. The molecule has 1 aromatic carbocycles. The van der Waals surface area contributed by atoms with E-state index in [0.717, 1.165) is 42.8 Å². The second kappa shape index (κ2) is 6.27. The van der Waals surface area contributed by atoms with Gasteiger partial charge in [0.2, 0.25) is 5.91 Å². The number of rotatable bonds is 3.